The topological polar surface area (TPSA) is 67.3 Å². The van der Waals surface area contributed by atoms with Gasteiger partial charge >= 0.3 is 0 Å². The Kier molecular flexibility index (Phi) is 4.03. The van der Waals surface area contributed by atoms with Gasteiger partial charge < -0.3 is 15.2 Å². The van der Waals surface area contributed by atoms with E-state index in [1.165, 1.54) is 16.7 Å². The smallest absolute Gasteiger partial charge is 0.234 e. The summed E-state index contributed by atoms with van der Waals surface area (Å²) in [5.74, 6) is 2.08. The third-order valence-corrected chi connectivity index (χ3v) is 4.16. The predicted octanol–water partition coefficient (Wildman–Crippen LogP) is 2.11. The maximum absolute atomic E-state index is 8.74. The van der Waals surface area contributed by atoms with Crippen molar-refractivity contribution in [2.24, 2.45) is 0 Å². The lowest BCUT2D eigenvalue weighted by Crippen LogP contribution is -2.12. The minimum Gasteiger partial charge on any atom is -0.474 e. The number of thioether (sulfide) groups is 1. The molecule has 1 atom stereocenters. The Morgan fingerprint density at radius 2 is 2.25 bits per heavy atom. The second-order valence-corrected chi connectivity index (χ2v) is 5.42. The molecule has 2 heterocycles. The molecule has 0 amide bonds. The fraction of sp³-hybridized carbons (Fsp3) is 0.286. The first kappa shape index (κ1) is 13.2. The maximum atomic E-state index is 8.74. The molecule has 0 radical (unpaired) electrons. The van der Waals surface area contributed by atoms with Crippen LogP contribution in [0, 0.1) is 0 Å². The van der Waals surface area contributed by atoms with Crippen molar-refractivity contribution in [3.8, 4) is 5.88 Å². The molecule has 104 valence electrons. The zero-order valence-corrected chi connectivity index (χ0v) is 11.6. The highest BCUT2D eigenvalue weighted by atomic mass is 32.2. The third-order valence-electron chi connectivity index (χ3n) is 2.98. The Bertz CT molecular complexity index is 594. The summed E-state index contributed by atoms with van der Waals surface area (Å²) in [4.78, 5) is 9.74. The number of rotatable bonds is 5. The third kappa shape index (κ3) is 2.86. The average molecular weight is 289 g/mol. The Morgan fingerprint density at radius 3 is 3.15 bits per heavy atom. The highest BCUT2D eigenvalue weighted by Gasteiger charge is 2.22. The van der Waals surface area contributed by atoms with Gasteiger partial charge in [0.15, 0.2) is 0 Å². The Hall–Kier alpha value is -1.79. The summed E-state index contributed by atoms with van der Waals surface area (Å²) in [5, 5.41) is 12.1. The van der Waals surface area contributed by atoms with Crippen molar-refractivity contribution in [2.75, 3.05) is 24.3 Å². The van der Waals surface area contributed by atoms with E-state index in [0.717, 1.165) is 5.75 Å². The van der Waals surface area contributed by atoms with E-state index in [1.807, 2.05) is 17.8 Å². The van der Waals surface area contributed by atoms with Crippen LogP contribution in [0.2, 0.25) is 0 Å². The Balaban J connectivity index is 1.72. The van der Waals surface area contributed by atoms with Gasteiger partial charge in [0.05, 0.1) is 25.0 Å². The van der Waals surface area contributed by atoms with Crippen LogP contribution in [0.15, 0.2) is 41.6 Å². The number of nitrogens with zero attached hydrogens (tertiary/aromatic N) is 2. The van der Waals surface area contributed by atoms with Crippen LogP contribution in [-0.2, 0) is 0 Å². The van der Waals surface area contributed by atoms with E-state index in [-0.39, 0.29) is 19.3 Å². The van der Waals surface area contributed by atoms with Crippen LogP contribution >= 0.6 is 11.8 Å². The van der Waals surface area contributed by atoms with Crippen molar-refractivity contribution in [1.82, 2.24) is 9.97 Å². The summed E-state index contributed by atoms with van der Waals surface area (Å²) < 4.78 is 5.26. The number of ether oxygens (including phenoxy) is 1. The number of aliphatic hydroxyl groups excluding tert-OH is 1. The zero-order valence-electron chi connectivity index (χ0n) is 10.8. The van der Waals surface area contributed by atoms with E-state index in [4.69, 9.17) is 9.84 Å². The highest BCUT2D eigenvalue weighted by Crippen LogP contribution is 2.39. The predicted molar refractivity (Wildman–Crippen MR) is 78.1 cm³/mol. The van der Waals surface area contributed by atoms with Crippen molar-refractivity contribution in [3.05, 3.63) is 42.2 Å². The summed E-state index contributed by atoms with van der Waals surface area (Å²) in [5.41, 5.74) is 1.29. The van der Waals surface area contributed by atoms with Crippen molar-refractivity contribution < 1.29 is 9.84 Å². The molecule has 0 fully saturated rings. The molecule has 6 heteroatoms. The van der Waals surface area contributed by atoms with E-state index < -0.39 is 0 Å². The van der Waals surface area contributed by atoms with Crippen molar-refractivity contribution >= 4 is 17.6 Å². The van der Waals surface area contributed by atoms with Gasteiger partial charge in [-0.1, -0.05) is 18.2 Å². The van der Waals surface area contributed by atoms with Crippen LogP contribution in [0.25, 0.3) is 0 Å². The minimum atomic E-state index is -0.0357. The van der Waals surface area contributed by atoms with Gasteiger partial charge in [0.1, 0.15) is 12.4 Å². The number of benzene rings is 1. The van der Waals surface area contributed by atoms with Crippen molar-refractivity contribution in [2.45, 2.75) is 10.9 Å². The van der Waals surface area contributed by atoms with Crippen molar-refractivity contribution in [1.29, 1.82) is 0 Å². The molecule has 0 bridgehead atoms. The van der Waals surface area contributed by atoms with E-state index in [9.17, 15) is 0 Å². The summed E-state index contributed by atoms with van der Waals surface area (Å²) in [7, 11) is 0. The van der Waals surface area contributed by atoms with Crippen LogP contribution in [-0.4, -0.2) is 34.0 Å². The van der Waals surface area contributed by atoms with Gasteiger partial charge in [0.2, 0.25) is 5.88 Å². The second kappa shape index (κ2) is 6.11. The normalized spacial score (nSPS) is 16.8. The fourth-order valence-corrected chi connectivity index (χ4v) is 3.26. The Morgan fingerprint density at radius 1 is 1.35 bits per heavy atom. The SMILES string of the molecule is OCCOc1cncc(NC2CSc3ccccc32)n1. The first-order valence-electron chi connectivity index (χ1n) is 6.41. The number of nitrogens with one attached hydrogen (secondary N) is 1. The molecule has 2 N–H and O–H groups in total. The molecule has 5 nitrogen and oxygen atoms in total. The fourth-order valence-electron chi connectivity index (χ4n) is 2.10. The summed E-state index contributed by atoms with van der Waals surface area (Å²) in [6.45, 7) is 0.187. The molecule has 1 unspecified atom stereocenters. The number of anilines is 1. The molecule has 1 aliphatic rings. The first-order valence-corrected chi connectivity index (χ1v) is 7.39. The maximum Gasteiger partial charge on any atom is 0.234 e. The van der Waals surface area contributed by atoms with E-state index in [2.05, 4.69) is 33.5 Å². The van der Waals surface area contributed by atoms with Crippen LogP contribution in [0.4, 0.5) is 5.82 Å². The van der Waals surface area contributed by atoms with E-state index in [1.54, 1.807) is 6.20 Å². The average Bonchev–Trinajstić information content (AvgIpc) is 2.89. The molecule has 1 aliphatic heterocycles. The number of aromatic nitrogens is 2. The lowest BCUT2D eigenvalue weighted by atomic mass is 10.1. The number of hydrogen-bond acceptors (Lipinski definition) is 6. The summed E-state index contributed by atoms with van der Waals surface area (Å²) >= 11 is 1.84. The minimum absolute atomic E-state index is 0.0357. The van der Waals surface area contributed by atoms with E-state index in [0.29, 0.717) is 11.7 Å². The van der Waals surface area contributed by atoms with Crippen molar-refractivity contribution in [3.63, 3.8) is 0 Å². The second-order valence-electron chi connectivity index (χ2n) is 4.36. The molecular weight excluding hydrogens is 274 g/mol. The zero-order chi connectivity index (χ0) is 13.8. The van der Waals surface area contributed by atoms with Gasteiger partial charge in [0.25, 0.3) is 0 Å². The first-order chi connectivity index (χ1) is 9.86. The molecule has 3 rings (SSSR count). The van der Waals surface area contributed by atoms with Gasteiger partial charge in [-0.2, -0.15) is 4.98 Å². The number of aliphatic hydroxyl groups is 1. The molecule has 2 aromatic rings. The molecule has 0 aliphatic carbocycles. The Labute approximate surface area is 121 Å². The molecule has 0 saturated carbocycles. The molecule has 20 heavy (non-hydrogen) atoms. The number of hydrogen-bond donors (Lipinski definition) is 2. The molecule has 1 aromatic carbocycles. The lowest BCUT2D eigenvalue weighted by Gasteiger charge is -2.14. The van der Waals surface area contributed by atoms with E-state index >= 15 is 0 Å². The van der Waals surface area contributed by atoms with Gasteiger partial charge in [-0.25, -0.2) is 0 Å². The molecule has 0 saturated heterocycles. The van der Waals surface area contributed by atoms with Gasteiger partial charge in [-0.05, 0) is 11.6 Å². The van der Waals surface area contributed by atoms with Crippen LogP contribution in [0.1, 0.15) is 11.6 Å². The largest absolute Gasteiger partial charge is 0.474 e. The molecule has 1 aromatic heterocycles. The van der Waals surface area contributed by atoms with Crippen LogP contribution in [0.5, 0.6) is 5.88 Å². The van der Waals surface area contributed by atoms with Crippen LogP contribution in [0.3, 0.4) is 0 Å². The highest BCUT2D eigenvalue weighted by molar-refractivity contribution is 7.99. The molecular formula is C14H15N3O2S. The van der Waals surface area contributed by atoms with Gasteiger partial charge in [-0.3, -0.25) is 4.98 Å². The monoisotopic (exact) mass is 289 g/mol. The van der Waals surface area contributed by atoms with Gasteiger partial charge in [-0.15, -0.1) is 11.8 Å². The molecule has 0 spiro atoms. The summed E-state index contributed by atoms with van der Waals surface area (Å²) in [6, 6.07) is 8.60. The van der Waals surface area contributed by atoms with Crippen LogP contribution < -0.4 is 10.1 Å². The lowest BCUT2D eigenvalue weighted by molar-refractivity contribution is 0.196. The number of fused-ring (bicyclic) bond motifs is 1. The standard InChI is InChI=1S/C14H15N3O2S/c18-5-6-19-14-8-15-7-13(17-14)16-11-9-20-12-4-2-1-3-10(11)12/h1-4,7-8,11,18H,5-6,9H2,(H,16,17). The summed E-state index contributed by atoms with van der Waals surface area (Å²) in [6.07, 6.45) is 3.22. The van der Waals surface area contributed by atoms with Gasteiger partial charge in [0, 0.05) is 10.6 Å². The quantitative estimate of drug-likeness (QED) is 0.878.